The Morgan fingerprint density at radius 3 is 3.00 bits per heavy atom. The second-order valence-corrected chi connectivity index (χ2v) is 2.64. The lowest BCUT2D eigenvalue weighted by Crippen LogP contribution is -2.01. The van der Waals surface area contributed by atoms with Crippen LogP contribution in [0.25, 0.3) is 0 Å². The molecule has 0 fully saturated rings. The number of methoxy groups -OCH3 is 1. The average molecular weight is 189 g/mol. The molecular weight excluding hydrogens is 178 g/mol. The highest BCUT2D eigenvalue weighted by Gasteiger charge is 2.02. The van der Waals surface area contributed by atoms with Gasteiger partial charge in [-0.15, -0.1) is 6.42 Å². The summed E-state index contributed by atoms with van der Waals surface area (Å²) in [7, 11) is 1.55. The predicted octanol–water partition coefficient (Wildman–Crippen LogP) is 1.55. The van der Waals surface area contributed by atoms with Gasteiger partial charge in [0, 0.05) is 5.56 Å². The highest BCUT2D eigenvalue weighted by atomic mass is 16.5. The summed E-state index contributed by atoms with van der Waals surface area (Å²) in [4.78, 5) is 10.5. The molecule has 0 radical (unpaired) electrons. The van der Waals surface area contributed by atoms with Crippen LogP contribution in [-0.2, 0) is 0 Å². The Hall–Kier alpha value is -1.95. The summed E-state index contributed by atoms with van der Waals surface area (Å²) in [5.41, 5.74) is 1.36. The van der Waals surface area contributed by atoms with E-state index in [0.717, 1.165) is 12.0 Å². The minimum atomic E-state index is 0.427. The Balaban J connectivity index is 2.94. The fourth-order valence-corrected chi connectivity index (χ4v) is 1.07. The summed E-state index contributed by atoms with van der Waals surface area (Å²) < 4.78 is 5.09. The highest BCUT2D eigenvalue weighted by molar-refractivity contribution is 5.78. The summed E-state index contributed by atoms with van der Waals surface area (Å²) in [6, 6.07) is 5.13. The molecule has 0 aliphatic carbocycles. The van der Waals surface area contributed by atoms with Crippen molar-refractivity contribution in [2.75, 3.05) is 19.0 Å². The van der Waals surface area contributed by atoms with Gasteiger partial charge >= 0.3 is 0 Å². The largest absolute Gasteiger partial charge is 0.495 e. The molecule has 14 heavy (non-hydrogen) atoms. The molecule has 0 aliphatic rings. The van der Waals surface area contributed by atoms with Crippen molar-refractivity contribution in [3.05, 3.63) is 23.8 Å². The van der Waals surface area contributed by atoms with Gasteiger partial charge in [-0.1, -0.05) is 5.92 Å². The number of terminal acetylenes is 1. The molecule has 0 atom stereocenters. The zero-order valence-corrected chi connectivity index (χ0v) is 7.91. The lowest BCUT2D eigenvalue weighted by Gasteiger charge is -2.09. The van der Waals surface area contributed by atoms with Crippen molar-refractivity contribution < 1.29 is 9.53 Å². The fraction of sp³-hybridized carbons (Fsp3) is 0.182. The van der Waals surface area contributed by atoms with E-state index in [1.165, 1.54) is 0 Å². The summed E-state index contributed by atoms with van der Waals surface area (Å²) in [5, 5.41) is 2.99. The van der Waals surface area contributed by atoms with Gasteiger partial charge in [0.05, 0.1) is 19.3 Å². The van der Waals surface area contributed by atoms with Crippen LogP contribution in [0, 0.1) is 12.3 Å². The zero-order chi connectivity index (χ0) is 10.4. The van der Waals surface area contributed by atoms with Crippen LogP contribution < -0.4 is 10.1 Å². The second-order valence-electron chi connectivity index (χ2n) is 2.64. The number of ether oxygens (including phenoxy) is 1. The van der Waals surface area contributed by atoms with Gasteiger partial charge in [0.15, 0.2) is 0 Å². The number of aldehydes is 1. The van der Waals surface area contributed by atoms with Gasteiger partial charge in [-0.05, 0) is 18.2 Å². The van der Waals surface area contributed by atoms with Crippen LogP contribution in [0.4, 0.5) is 5.69 Å². The molecular formula is C11H11NO2. The highest BCUT2D eigenvalue weighted by Crippen LogP contribution is 2.24. The van der Waals surface area contributed by atoms with E-state index < -0.39 is 0 Å². The Morgan fingerprint density at radius 2 is 2.43 bits per heavy atom. The van der Waals surface area contributed by atoms with Crippen LogP contribution in [0.2, 0.25) is 0 Å². The number of hydrogen-bond acceptors (Lipinski definition) is 3. The molecule has 0 bridgehead atoms. The number of benzene rings is 1. The topological polar surface area (TPSA) is 38.3 Å². The van der Waals surface area contributed by atoms with Gasteiger partial charge in [0.1, 0.15) is 12.0 Å². The molecule has 1 aromatic carbocycles. The SMILES string of the molecule is C#CCNc1ccc(C=O)cc1OC. The molecule has 0 aliphatic heterocycles. The summed E-state index contributed by atoms with van der Waals surface area (Å²) in [6.45, 7) is 0.427. The van der Waals surface area contributed by atoms with Crippen LogP contribution in [0.3, 0.4) is 0 Å². The van der Waals surface area contributed by atoms with E-state index >= 15 is 0 Å². The molecule has 0 aromatic heterocycles. The van der Waals surface area contributed by atoms with Crippen molar-refractivity contribution in [3.63, 3.8) is 0 Å². The molecule has 1 N–H and O–H groups in total. The number of nitrogens with one attached hydrogen (secondary N) is 1. The third-order valence-corrected chi connectivity index (χ3v) is 1.74. The first-order valence-corrected chi connectivity index (χ1v) is 4.12. The molecule has 1 aromatic rings. The van der Waals surface area contributed by atoms with Crippen molar-refractivity contribution in [1.82, 2.24) is 0 Å². The molecule has 1 rings (SSSR count). The minimum absolute atomic E-state index is 0.427. The maximum absolute atomic E-state index is 10.5. The number of hydrogen-bond donors (Lipinski definition) is 1. The van der Waals surface area contributed by atoms with E-state index in [-0.39, 0.29) is 0 Å². The Bertz CT molecular complexity index is 366. The van der Waals surface area contributed by atoms with E-state index in [4.69, 9.17) is 11.2 Å². The zero-order valence-electron chi connectivity index (χ0n) is 7.91. The van der Waals surface area contributed by atoms with E-state index in [1.54, 1.807) is 25.3 Å². The van der Waals surface area contributed by atoms with Gasteiger partial charge in [-0.3, -0.25) is 4.79 Å². The van der Waals surface area contributed by atoms with Crippen molar-refractivity contribution in [3.8, 4) is 18.1 Å². The Kier molecular flexibility index (Phi) is 3.57. The van der Waals surface area contributed by atoms with E-state index in [1.807, 2.05) is 0 Å². The molecule has 0 amide bonds. The summed E-state index contributed by atoms with van der Waals surface area (Å²) in [5.74, 6) is 3.08. The molecule has 3 nitrogen and oxygen atoms in total. The van der Waals surface area contributed by atoms with E-state index in [2.05, 4.69) is 11.2 Å². The van der Waals surface area contributed by atoms with E-state index in [9.17, 15) is 4.79 Å². The molecule has 72 valence electrons. The lowest BCUT2D eigenvalue weighted by molar-refractivity contribution is 0.112. The van der Waals surface area contributed by atoms with E-state index in [0.29, 0.717) is 17.9 Å². The quantitative estimate of drug-likeness (QED) is 0.577. The smallest absolute Gasteiger partial charge is 0.150 e. The first-order chi connectivity index (χ1) is 6.81. The number of carbonyl (C=O) groups excluding carboxylic acids is 1. The maximum Gasteiger partial charge on any atom is 0.150 e. The molecule has 0 heterocycles. The third kappa shape index (κ3) is 2.27. The molecule has 0 spiro atoms. The van der Waals surface area contributed by atoms with Gasteiger partial charge in [-0.2, -0.15) is 0 Å². The van der Waals surface area contributed by atoms with Crippen molar-refractivity contribution in [1.29, 1.82) is 0 Å². The summed E-state index contributed by atoms with van der Waals surface area (Å²) in [6.07, 6.45) is 5.89. The normalized spacial score (nSPS) is 8.86. The van der Waals surface area contributed by atoms with Crippen LogP contribution in [0.15, 0.2) is 18.2 Å². The van der Waals surface area contributed by atoms with Gasteiger partial charge < -0.3 is 10.1 Å². The van der Waals surface area contributed by atoms with Gasteiger partial charge in [-0.25, -0.2) is 0 Å². The van der Waals surface area contributed by atoms with Crippen molar-refractivity contribution >= 4 is 12.0 Å². The van der Waals surface area contributed by atoms with Crippen LogP contribution in [-0.4, -0.2) is 19.9 Å². The van der Waals surface area contributed by atoms with Gasteiger partial charge in [0.25, 0.3) is 0 Å². The standard InChI is InChI=1S/C11H11NO2/c1-3-6-12-10-5-4-9(8-13)7-11(10)14-2/h1,4-5,7-8,12H,6H2,2H3. The fourth-order valence-electron chi connectivity index (χ4n) is 1.07. The first kappa shape index (κ1) is 10.1. The Labute approximate surface area is 83.1 Å². The molecule has 0 unspecified atom stereocenters. The van der Waals surface area contributed by atoms with Crippen LogP contribution >= 0.6 is 0 Å². The Morgan fingerprint density at radius 1 is 1.64 bits per heavy atom. The number of carbonyl (C=O) groups is 1. The first-order valence-electron chi connectivity index (χ1n) is 4.12. The number of rotatable bonds is 4. The lowest BCUT2D eigenvalue weighted by atomic mass is 10.2. The third-order valence-electron chi connectivity index (χ3n) is 1.74. The molecule has 0 saturated carbocycles. The van der Waals surface area contributed by atoms with Crippen molar-refractivity contribution in [2.24, 2.45) is 0 Å². The maximum atomic E-state index is 10.5. The molecule has 0 saturated heterocycles. The molecule has 3 heteroatoms. The second kappa shape index (κ2) is 4.93. The minimum Gasteiger partial charge on any atom is -0.495 e. The van der Waals surface area contributed by atoms with Crippen molar-refractivity contribution in [2.45, 2.75) is 0 Å². The van der Waals surface area contributed by atoms with Crippen LogP contribution in [0.1, 0.15) is 10.4 Å². The van der Waals surface area contributed by atoms with Crippen LogP contribution in [0.5, 0.6) is 5.75 Å². The van der Waals surface area contributed by atoms with Gasteiger partial charge in [0.2, 0.25) is 0 Å². The number of anilines is 1. The summed E-state index contributed by atoms with van der Waals surface area (Å²) >= 11 is 0. The predicted molar refractivity (Wildman–Crippen MR) is 55.7 cm³/mol. The average Bonchev–Trinajstić information content (AvgIpc) is 2.26. The monoisotopic (exact) mass is 189 g/mol.